The largest absolute Gasteiger partial charge is 0.480 e. The Labute approximate surface area is 102 Å². The highest BCUT2D eigenvalue weighted by molar-refractivity contribution is 5.86. The van der Waals surface area contributed by atoms with Crippen LogP contribution in [0, 0.1) is 0 Å². The average molecular weight is 242 g/mol. The third-order valence-electron chi connectivity index (χ3n) is 3.46. The van der Waals surface area contributed by atoms with Gasteiger partial charge in [-0.2, -0.15) is 0 Å². The van der Waals surface area contributed by atoms with Gasteiger partial charge in [-0.25, -0.2) is 0 Å². The van der Waals surface area contributed by atoms with Crippen LogP contribution in [-0.4, -0.2) is 46.6 Å². The van der Waals surface area contributed by atoms with Crippen molar-refractivity contribution < 1.29 is 14.7 Å². The summed E-state index contributed by atoms with van der Waals surface area (Å²) in [6.07, 6.45) is 3.42. The summed E-state index contributed by atoms with van der Waals surface area (Å²) in [6, 6.07) is -0.693. The summed E-state index contributed by atoms with van der Waals surface area (Å²) in [6.45, 7) is 6.35. The number of hydrogen-bond donors (Lipinski definition) is 2. The number of hydrogen-bond acceptors (Lipinski definition) is 3. The Bertz CT molecular complexity index is 293. The van der Waals surface area contributed by atoms with Crippen molar-refractivity contribution in [2.24, 2.45) is 0 Å². The third-order valence-corrected chi connectivity index (χ3v) is 3.46. The van der Waals surface area contributed by atoms with Crippen LogP contribution >= 0.6 is 0 Å². The van der Waals surface area contributed by atoms with Crippen LogP contribution in [0.2, 0.25) is 0 Å². The molecule has 1 saturated heterocycles. The molecular weight excluding hydrogens is 220 g/mol. The molecule has 1 fully saturated rings. The second kappa shape index (κ2) is 6.00. The highest BCUT2D eigenvalue weighted by Gasteiger charge is 2.28. The fourth-order valence-corrected chi connectivity index (χ4v) is 2.24. The average Bonchev–Trinajstić information content (AvgIpc) is 2.28. The van der Waals surface area contributed by atoms with Gasteiger partial charge in [-0.1, -0.05) is 6.42 Å². The van der Waals surface area contributed by atoms with E-state index < -0.39 is 12.0 Å². The molecular formula is C12H22N2O3. The third kappa shape index (κ3) is 3.70. The number of nitrogens with one attached hydrogen (secondary N) is 1. The molecule has 0 aromatic carbocycles. The van der Waals surface area contributed by atoms with E-state index in [0.29, 0.717) is 6.04 Å². The summed E-state index contributed by atoms with van der Waals surface area (Å²) in [5.74, 6) is -1.20. The van der Waals surface area contributed by atoms with E-state index in [2.05, 4.69) is 17.1 Å². The Morgan fingerprint density at radius 2 is 2.00 bits per heavy atom. The fraction of sp³-hybridized carbons (Fsp3) is 0.833. The van der Waals surface area contributed by atoms with Crippen molar-refractivity contribution in [1.82, 2.24) is 10.2 Å². The molecule has 0 aromatic heterocycles. The van der Waals surface area contributed by atoms with Crippen molar-refractivity contribution in [1.29, 1.82) is 0 Å². The van der Waals surface area contributed by atoms with Crippen LogP contribution in [0.5, 0.6) is 0 Å². The van der Waals surface area contributed by atoms with Gasteiger partial charge in [0.05, 0.1) is 6.04 Å². The number of piperidine rings is 1. The molecule has 2 N–H and O–H groups in total. The lowest BCUT2D eigenvalue weighted by atomic mass is 10.0. The lowest BCUT2D eigenvalue weighted by molar-refractivity contribution is -0.142. The summed E-state index contributed by atoms with van der Waals surface area (Å²) in [4.78, 5) is 24.7. The minimum atomic E-state index is -1.00. The zero-order chi connectivity index (χ0) is 13.0. The highest BCUT2D eigenvalue weighted by Crippen LogP contribution is 2.19. The monoisotopic (exact) mass is 242 g/mol. The molecule has 1 aliphatic heterocycles. The van der Waals surface area contributed by atoms with E-state index in [-0.39, 0.29) is 11.9 Å². The van der Waals surface area contributed by atoms with E-state index in [9.17, 15) is 9.59 Å². The van der Waals surface area contributed by atoms with Gasteiger partial charge in [0, 0.05) is 6.04 Å². The van der Waals surface area contributed by atoms with Crippen LogP contribution in [-0.2, 0) is 9.59 Å². The zero-order valence-electron chi connectivity index (χ0n) is 10.8. The smallest absolute Gasteiger partial charge is 0.325 e. The first-order chi connectivity index (χ1) is 7.93. The first kappa shape index (κ1) is 14.0. The van der Waals surface area contributed by atoms with E-state index in [0.717, 1.165) is 19.4 Å². The van der Waals surface area contributed by atoms with E-state index in [4.69, 9.17) is 5.11 Å². The Hall–Kier alpha value is -1.10. The Morgan fingerprint density at radius 1 is 1.35 bits per heavy atom. The predicted octanol–water partition coefficient (Wildman–Crippen LogP) is 0.839. The molecule has 0 spiro atoms. The first-order valence-electron chi connectivity index (χ1n) is 6.22. The maximum Gasteiger partial charge on any atom is 0.325 e. The molecule has 0 saturated carbocycles. The number of amides is 1. The van der Waals surface area contributed by atoms with Crippen LogP contribution in [0.4, 0.5) is 0 Å². The lowest BCUT2D eigenvalue weighted by Crippen LogP contribution is -2.53. The first-order valence-corrected chi connectivity index (χ1v) is 6.22. The van der Waals surface area contributed by atoms with Crippen molar-refractivity contribution in [3.05, 3.63) is 0 Å². The van der Waals surface area contributed by atoms with Crippen LogP contribution < -0.4 is 5.32 Å². The summed E-state index contributed by atoms with van der Waals surface area (Å²) in [7, 11) is 0. The van der Waals surface area contributed by atoms with Gasteiger partial charge in [0.2, 0.25) is 5.91 Å². The number of rotatable bonds is 4. The molecule has 3 atom stereocenters. The highest BCUT2D eigenvalue weighted by atomic mass is 16.4. The molecule has 0 radical (unpaired) electrons. The van der Waals surface area contributed by atoms with Crippen LogP contribution in [0.15, 0.2) is 0 Å². The van der Waals surface area contributed by atoms with Gasteiger partial charge in [-0.3, -0.25) is 14.5 Å². The summed E-state index contributed by atoms with van der Waals surface area (Å²) in [5, 5.41) is 11.3. The second-order valence-corrected chi connectivity index (χ2v) is 4.83. The molecule has 3 unspecified atom stereocenters. The standard InChI is InChI=1S/C12H22N2O3/c1-8-6-4-5-7-14(8)10(3)11(15)13-9(2)12(16)17/h8-10H,4-7H2,1-3H3,(H,13,15)(H,16,17). The van der Waals surface area contributed by atoms with Gasteiger partial charge in [0.25, 0.3) is 0 Å². The molecule has 1 amide bonds. The molecule has 98 valence electrons. The Kier molecular flexibility index (Phi) is 4.93. The van der Waals surface area contributed by atoms with Crippen LogP contribution in [0.1, 0.15) is 40.0 Å². The molecule has 5 heteroatoms. The van der Waals surface area contributed by atoms with Crippen LogP contribution in [0.3, 0.4) is 0 Å². The molecule has 17 heavy (non-hydrogen) atoms. The lowest BCUT2D eigenvalue weighted by Gasteiger charge is -2.37. The Balaban J connectivity index is 2.53. The van der Waals surface area contributed by atoms with Gasteiger partial charge in [-0.05, 0) is 40.2 Å². The van der Waals surface area contributed by atoms with Gasteiger partial charge in [-0.15, -0.1) is 0 Å². The quantitative estimate of drug-likeness (QED) is 0.766. The van der Waals surface area contributed by atoms with Crippen molar-refractivity contribution in [2.45, 2.75) is 58.2 Å². The minimum absolute atomic E-state index is 0.200. The predicted molar refractivity (Wildman–Crippen MR) is 64.7 cm³/mol. The van der Waals surface area contributed by atoms with Crippen LogP contribution in [0.25, 0.3) is 0 Å². The van der Waals surface area contributed by atoms with E-state index in [1.54, 1.807) is 0 Å². The zero-order valence-corrected chi connectivity index (χ0v) is 10.8. The van der Waals surface area contributed by atoms with Crippen molar-refractivity contribution in [2.75, 3.05) is 6.54 Å². The van der Waals surface area contributed by atoms with E-state index in [1.165, 1.54) is 13.3 Å². The Morgan fingerprint density at radius 3 is 2.53 bits per heavy atom. The molecule has 1 aliphatic rings. The molecule has 0 bridgehead atoms. The topological polar surface area (TPSA) is 69.6 Å². The number of carboxylic acids is 1. The number of aliphatic carboxylic acids is 1. The van der Waals surface area contributed by atoms with E-state index in [1.807, 2.05) is 6.92 Å². The van der Waals surface area contributed by atoms with E-state index >= 15 is 0 Å². The summed E-state index contributed by atoms with van der Waals surface area (Å²) >= 11 is 0. The van der Waals surface area contributed by atoms with Crippen molar-refractivity contribution >= 4 is 11.9 Å². The summed E-state index contributed by atoms with van der Waals surface area (Å²) < 4.78 is 0. The maximum atomic E-state index is 11.9. The molecule has 0 aliphatic carbocycles. The molecule has 5 nitrogen and oxygen atoms in total. The van der Waals surface area contributed by atoms with Gasteiger partial charge in [0.15, 0.2) is 0 Å². The normalized spacial score (nSPS) is 25.0. The minimum Gasteiger partial charge on any atom is -0.480 e. The fourth-order valence-electron chi connectivity index (χ4n) is 2.24. The van der Waals surface area contributed by atoms with Gasteiger partial charge < -0.3 is 10.4 Å². The maximum absolute atomic E-state index is 11.9. The van der Waals surface area contributed by atoms with Crippen molar-refractivity contribution in [3.63, 3.8) is 0 Å². The SMILES string of the molecule is CC(NC(=O)C(C)N1CCCCC1C)C(=O)O. The molecule has 1 rings (SSSR count). The molecule has 0 aromatic rings. The summed E-state index contributed by atoms with van der Waals surface area (Å²) in [5.41, 5.74) is 0. The second-order valence-electron chi connectivity index (χ2n) is 4.83. The number of nitrogens with zero attached hydrogens (tertiary/aromatic N) is 1. The molecule has 1 heterocycles. The number of carbonyl (C=O) groups is 2. The number of likely N-dealkylation sites (tertiary alicyclic amines) is 1. The number of carbonyl (C=O) groups excluding carboxylic acids is 1. The van der Waals surface area contributed by atoms with Gasteiger partial charge in [0.1, 0.15) is 6.04 Å². The number of carboxylic acid groups (broad SMARTS) is 1. The van der Waals surface area contributed by atoms with Gasteiger partial charge >= 0.3 is 5.97 Å². The van der Waals surface area contributed by atoms with Crippen molar-refractivity contribution in [3.8, 4) is 0 Å².